The second-order valence-electron chi connectivity index (χ2n) is 3.48. The summed E-state index contributed by atoms with van der Waals surface area (Å²) in [4.78, 5) is 0. The number of hydrogen-bond donors (Lipinski definition) is 1. The number of rotatable bonds is 2. The van der Waals surface area contributed by atoms with Crippen LogP contribution in [0.2, 0.25) is 0 Å². The van der Waals surface area contributed by atoms with E-state index < -0.39 is 0 Å². The van der Waals surface area contributed by atoms with Crippen LogP contribution in [0, 0.1) is 11.7 Å². The molecule has 1 aromatic rings. The molecule has 0 aromatic heterocycles. The van der Waals surface area contributed by atoms with Gasteiger partial charge < -0.3 is 5.73 Å². The molecule has 1 aliphatic carbocycles. The highest BCUT2D eigenvalue weighted by molar-refractivity contribution is 9.10. The van der Waals surface area contributed by atoms with Crippen LogP contribution >= 0.6 is 15.9 Å². The molecule has 1 saturated carbocycles. The molecular formula is C10H11BrFN. The second-order valence-corrected chi connectivity index (χ2v) is 4.27. The van der Waals surface area contributed by atoms with Crippen LogP contribution in [0.5, 0.6) is 0 Å². The molecule has 2 unspecified atom stereocenters. The third kappa shape index (κ3) is 1.63. The number of halogens is 2. The van der Waals surface area contributed by atoms with Crippen LogP contribution in [0.3, 0.4) is 0 Å². The fraction of sp³-hybridized carbons (Fsp3) is 0.400. The zero-order chi connectivity index (χ0) is 9.42. The smallest absolute Gasteiger partial charge is 0.137 e. The lowest BCUT2D eigenvalue weighted by Gasteiger charge is -2.03. The maximum absolute atomic E-state index is 13.1. The molecule has 1 aliphatic rings. The van der Waals surface area contributed by atoms with Crippen molar-refractivity contribution in [2.24, 2.45) is 11.7 Å². The van der Waals surface area contributed by atoms with Gasteiger partial charge in [-0.15, -0.1) is 0 Å². The fourth-order valence-corrected chi connectivity index (χ4v) is 2.25. The van der Waals surface area contributed by atoms with Crippen molar-refractivity contribution in [1.82, 2.24) is 0 Å². The predicted molar refractivity (Wildman–Crippen MR) is 54.0 cm³/mol. The Morgan fingerprint density at radius 3 is 2.92 bits per heavy atom. The highest BCUT2D eigenvalue weighted by Gasteiger charge is 2.38. The summed E-state index contributed by atoms with van der Waals surface area (Å²) in [5.41, 5.74) is 6.61. The van der Waals surface area contributed by atoms with Gasteiger partial charge in [0, 0.05) is 0 Å². The summed E-state index contributed by atoms with van der Waals surface area (Å²) < 4.78 is 13.7. The molecule has 0 saturated heterocycles. The first-order valence-corrected chi connectivity index (χ1v) is 5.17. The minimum Gasteiger partial charge on any atom is -0.330 e. The summed E-state index contributed by atoms with van der Waals surface area (Å²) in [6.45, 7) is 0.702. The van der Waals surface area contributed by atoms with Crippen molar-refractivity contribution in [3.63, 3.8) is 0 Å². The van der Waals surface area contributed by atoms with Crippen molar-refractivity contribution in [2.75, 3.05) is 6.54 Å². The van der Waals surface area contributed by atoms with Crippen LogP contribution in [-0.2, 0) is 0 Å². The minimum absolute atomic E-state index is 0.180. The molecule has 1 nitrogen and oxygen atoms in total. The Balaban J connectivity index is 2.27. The number of benzene rings is 1. The molecule has 1 fully saturated rings. The third-order valence-corrected chi connectivity index (χ3v) is 3.44. The SMILES string of the molecule is NCC1CC1c1cccc(F)c1Br. The average molecular weight is 244 g/mol. The molecule has 0 amide bonds. The lowest BCUT2D eigenvalue weighted by molar-refractivity contribution is 0.617. The first-order valence-electron chi connectivity index (χ1n) is 4.38. The zero-order valence-electron chi connectivity index (χ0n) is 7.13. The monoisotopic (exact) mass is 243 g/mol. The minimum atomic E-state index is -0.180. The molecule has 3 heteroatoms. The van der Waals surface area contributed by atoms with Crippen molar-refractivity contribution in [1.29, 1.82) is 0 Å². The van der Waals surface area contributed by atoms with Crippen LogP contribution in [0.25, 0.3) is 0 Å². The molecule has 2 rings (SSSR count). The van der Waals surface area contributed by atoms with Crippen molar-refractivity contribution in [3.8, 4) is 0 Å². The van der Waals surface area contributed by atoms with Crippen molar-refractivity contribution in [2.45, 2.75) is 12.3 Å². The summed E-state index contributed by atoms with van der Waals surface area (Å²) in [7, 11) is 0. The van der Waals surface area contributed by atoms with E-state index in [1.54, 1.807) is 6.07 Å². The summed E-state index contributed by atoms with van der Waals surface area (Å²) in [6.07, 6.45) is 1.10. The normalized spacial score (nSPS) is 26.1. The highest BCUT2D eigenvalue weighted by atomic mass is 79.9. The molecule has 2 N–H and O–H groups in total. The third-order valence-electron chi connectivity index (χ3n) is 2.61. The lowest BCUT2D eigenvalue weighted by atomic mass is 10.1. The van der Waals surface area contributed by atoms with E-state index in [-0.39, 0.29) is 5.82 Å². The van der Waals surface area contributed by atoms with E-state index in [1.165, 1.54) is 6.07 Å². The van der Waals surface area contributed by atoms with E-state index in [9.17, 15) is 4.39 Å². The van der Waals surface area contributed by atoms with E-state index in [0.717, 1.165) is 12.0 Å². The Hall–Kier alpha value is -0.410. The molecule has 13 heavy (non-hydrogen) atoms. The molecule has 70 valence electrons. The molecule has 1 aromatic carbocycles. The van der Waals surface area contributed by atoms with Crippen molar-refractivity contribution >= 4 is 15.9 Å². The van der Waals surface area contributed by atoms with Crippen LogP contribution in [0.15, 0.2) is 22.7 Å². The van der Waals surface area contributed by atoms with Crippen LogP contribution in [0.4, 0.5) is 4.39 Å². The van der Waals surface area contributed by atoms with Gasteiger partial charge in [-0.05, 0) is 52.4 Å². The van der Waals surface area contributed by atoms with Crippen LogP contribution < -0.4 is 5.73 Å². The predicted octanol–water partition coefficient (Wildman–Crippen LogP) is 2.65. The number of nitrogens with two attached hydrogens (primary N) is 1. The average Bonchev–Trinajstić information content (AvgIpc) is 2.89. The standard InChI is InChI=1S/C10H11BrFN/c11-10-7(2-1-3-9(10)12)8-4-6(8)5-13/h1-3,6,8H,4-5,13H2. The van der Waals surface area contributed by atoms with Gasteiger partial charge >= 0.3 is 0 Å². The lowest BCUT2D eigenvalue weighted by Crippen LogP contribution is -2.02. The molecule has 0 spiro atoms. The first-order chi connectivity index (χ1) is 6.24. The Morgan fingerprint density at radius 2 is 2.31 bits per heavy atom. The summed E-state index contributed by atoms with van der Waals surface area (Å²) in [5.74, 6) is 0.841. The Bertz CT molecular complexity index is 327. The van der Waals surface area contributed by atoms with Gasteiger partial charge in [0.05, 0.1) is 4.47 Å². The largest absolute Gasteiger partial charge is 0.330 e. The topological polar surface area (TPSA) is 26.0 Å². The van der Waals surface area contributed by atoms with Gasteiger partial charge in [-0.2, -0.15) is 0 Å². The molecule has 0 radical (unpaired) electrons. The highest BCUT2D eigenvalue weighted by Crippen LogP contribution is 2.49. The molecule has 0 aliphatic heterocycles. The Labute approximate surface area is 85.3 Å². The molecule has 0 heterocycles. The van der Waals surface area contributed by atoms with E-state index >= 15 is 0 Å². The fourth-order valence-electron chi connectivity index (χ4n) is 1.70. The summed E-state index contributed by atoms with van der Waals surface area (Å²) >= 11 is 3.26. The van der Waals surface area contributed by atoms with Gasteiger partial charge in [-0.3, -0.25) is 0 Å². The maximum Gasteiger partial charge on any atom is 0.137 e. The van der Waals surface area contributed by atoms with Crippen LogP contribution in [0.1, 0.15) is 17.9 Å². The Morgan fingerprint density at radius 1 is 1.54 bits per heavy atom. The van der Waals surface area contributed by atoms with Gasteiger partial charge in [0.25, 0.3) is 0 Å². The van der Waals surface area contributed by atoms with Gasteiger partial charge in [0.1, 0.15) is 5.82 Å². The second kappa shape index (κ2) is 3.39. The zero-order valence-corrected chi connectivity index (χ0v) is 8.72. The van der Waals surface area contributed by atoms with E-state index in [0.29, 0.717) is 22.9 Å². The summed E-state index contributed by atoms with van der Waals surface area (Å²) in [5, 5.41) is 0. The van der Waals surface area contributed by atoms with Crippen molar-refractivity contribution < 1.29 is 4.39 Å². The quantitative estimate of drug-likeness (QED) is 0.850. The number of hydrogen-bond acceptors (Lipinski definition) is 1. The van der Waals surface area contributed by atoms with Crippen LogP contribution in [-0.4, -0.2) is 6.54 Å². The van der Waals surface area contributed by atoms with E-state index in [1.807, 2.05) is 6.07 Å². The molecule has 2 atom stereocenters. The van der Waals surface area contributed by atoms with Gasteiger partial charge in [-0.25, -0.2) is 4.39 Å². The van der Waals surface area contributed by atoms with Gasteiger partial charge in [0.15, 0.2) is 0 Å². The summed E-state index contributed by atoms with van der Waals surface area (Å²) in [6, 6.07) is 5.18. The molecule has 0 bridgehead atoms. The van der Waals surface area contributed by atoms with E-state index in [2.05, 4.69) is 15.9 Å². The Kier molecular flexibility index (Phi) is 2.39. The first kappa shape index (κ1) is 9.16. The molecular weight excluding hydrogens is 233 g/mol. The van der Waals surface area contributed by atoms with E-state index in [4.69, 9.17) is 5.73 Å². The van der Waals surface area contributed by atoms with Crippen molar-refractivity contribution in [3.05, 3.63) is 34.1 Å². The van der Waals surface area contributed by atoms with Gasteiger partial charge in [0.2, 0.25) is 0 Å². The maximum atomic E-state index is 13.1. The van der Waals surface area contributed by atoms with Gasteiger partial charge in [-0.1, -0.05) is 12.1 Å².